The Morgan fingerprint density at radius 2 is 2.05 bits per heavy atom. The van der Waals surface area contributed by atoms with E-state index < -0.39 is 17.8 Å². The van der Waals surface area contributed by atoms with Crippen molar-refractivity contribution in [3.05, 3.63) is 34.6 Å². The van der Waals surface area contributed by atoms with Gasteiger partial charge >= 0.3 is 0 Å². The fraction of sp³-hybridized carbons (Fsp3) is 0.625. The minimum atomic E-state index is -0.661. The molecule has 0 amide bonds. The van der Waals surface area contributed by atoms with Gasteiger partial charge in [-0.05, 0) is 24.5 Å². The van der Waals surface area contributed by atoms with E-state index in [4.69, 9.17) is 17.3 Å². The standard InChI is InChI=1S/C16H25ClFNO/c1-3-5-7-11(4-2)16(20)12(10-19)15-13(17)8-6-9-14(15)18/h6,8-9,11-12,16,20H,3-5,7,10,19H2,1-2H3. The lowest BCUT2D eigenvalue weighted by Gasteiger charge is -2.29. The van der Waals surface area contributed by atoms with Gasteiger partial charge < -0.3 is 10.8 Å². The SMILES string of the molecule is CCCCC(CC)C(O)C(CN)c1c(F)cccc1Cl. The lowest BCUT2D eigenvalue weighted by Crippen LogP contribution is -2.33. The Kier molecular flexibility index (Phi) is 7.49. The van der Waals surface area contributed by atoms with E-state index in [0.29, 0.717) is 10.6 Å². The Hall–Kier alpha value is -0.640. The fourth-order valence-corrected chi connectivity index (χ4v) is 3.01. The van der Waals surface area contributed by atoms with Gasteiger partial charge in [-0.2, -0.15) is 0 Å². The zero-order chi connectivity index (χ0) is 15.1. The summed E-state index contributed by atoms with van der Waals surface area (Å²) < 4.78 is 14.0. The maximum atomic E-state index is 14.0. The number of hydrogen-bond acceptors (Lipinski definition) is 2. The van der Waals surface area contributed by atoms with Gasteiger partial charge in [0.05, 0.1) is 6.10 Å². The highest BCUT2D eigenvalue weighted by Gasteiger charge is 2.30. The van der Waals surface area contributed by atoms with Gasteiger partial charge in [0, 0.05) is 23.0 Å². The van der Waals surface area contributed by atoms with Crippen LogP contribution in [-0.2, 0) is 0 Å². The van der Waals surface area contributed by atoms with Crippen molar-refractivity contribution in [2.24, 2.45) is 11.7 Å². The van der Waals surface area contributed by atoms with Crippen LogP contribution in [0.5, 0.6) is 0 Å². The molecule has 1 aromatic rings. The molecule has 4 heteroatoms. The summed E-state index contributed by atoms with van der Waals surface area (Å²) in [7, 11) is 0. The average Bonchev–Trinajstić information content (AvgIpc) is 2.43. The van der Waals surface area contributed by atoms with Crippen LogP contribution in [0.2, 0.25) is 5.02 Å². The van der Waals surface area contributed by atoms with Crippen molar-refractivity contribution in [3.63, 3.8) is 0 Å². The topological polar surface area (TPSA) is 46.2 Å². The molecule has 0 fully saturated rings. The van der Waals surface area contributed by atoms with Gasteiger partial charge in [-0.25, -0.2) is 4.39 Å². The van der Waals surface area contributed by atoms with Crippen molar-refractivity contribution in [3.8, 4) is 0 Å². The first-order chi connectivity index (χ1) is 9.56. The summed E-state index contributed by atoms with van der Waals surface area (Å²) in [6.07, 6.45) is 3.25. The van der Waals surface area contributed by atoms with Crippen LogP contribution in [0.4, 0.5) is 4.39 Å². The van der Waals surface area contributed by atoms with E-state index in [1.165, 1.54) is 6.07 Å². The zero-order valence-electron chi connectivity index (χ0n) is 12.3. The Morgan fingerprint density at radius 1 is 1.35 bits per heavy atom. The van der Waals surface area contributed by atoms with Gasteiger partial charge in [-0.3, -0.25) is 0 Å². The van der Waals surface area contributed by atoms with Gasteiger partial charge in [0.15, 0.2) is 0 Å². The third-order valence-electron chi connectivity index (χ3n) is 3.97. The molecule has 0 aromatic heterocycles. The first-order valence-electron chi connectivity index (χ1n) is 7.38. The van der Waals surface area contributed by atoms with Crippen LogP contribution >= 0.6 is 11.6 Å². The predicted molar refractivity (Wildman–Crippen MR) is 82.5 cm³/mol. The number of hydrogen-bond donors (Lipinski definition) is 2. The molecule has 1 aromatic carbocycles. The predicted octanol–water partition coefficient (Wildman–Crippen LogP) is 4.10. The third-order valence-corrected chi connectivity index (χ3v) is 4.30. The molecule has 1 rings (SSSR count). The Balaban J connectivity index is 2.99. The lowest BCUT2D eigenvalue weighted by molar-refractivity contribution is 0.0732. The van der Waals surface area contributed by atoms with E-state index >= 15 is 0 Å². The summed E-state index contributed by atoms with van der Waals surface area (Å²) in [5, 5.41) is 10.9. The molecule has 0 spiro atoms. The largest absolute Gasteiger partial charge is 0.392 e. The molecule has 0 saturated carbocycles. The third kappa shape index (κ3) is 4.18. The number of unbranched alkanes of at least 4 members (excludes halogenated alkanes) is 1. The van der Waals surface area contributed by atoms with Crippen LogP contribution in [0.15, 0.2) is 18.2 Å². The van der Waals surface area contributed by atoms with Crippen LogP contribution in [0.1, 0.15) is 51.0 Å². The molecule has 0 bridgehead atoms. The summed E-state index contributed by atoms with van der Waals surface area (Å²) >= 11 is 6.09. The highest BCUT2D eigenvalue weighted by molar-refractivity contribution is 6.31. The molecule has 0 aliphatic rings. The molecule has 0 aliphatic heterocycles. The quantitative estimate of drug-likeness (QED) is 0.759. The van der Waals surface area contributed by atoms with Gasteiger partial charge in [-0.15, -0.1) is 0 Å². The second-order valence-corrected chi connectivity index (χ2v) is 5.69. The van der Waals surface area contributed by atoms with E-state index in [1.807, 2.05) is 6.92 Å². The van der Waals surface area contributed by atoms with Gasteiger partial charge in [-0.1, -0.05) is 50.8 Å². The molecule has 3 N–H and O–H groups in total. The number of halogens is 2. The number of benzene rings is 1. The maximum Gasteiger partial charge on any atom is 0.128 e. The summed E-state index contributed by atoms with van der Waals surface area (Å²) in [6.45, 7) is 4.35. The molecule has 20 heavy (non-hydrogen) atoms. The van der Waals surface area contributed by atoms with Crippen molar-refractivity contribution in [1.29, 1.82) is 0 Å². The van der Waals surface area contributed by atoms with E-state index in [0.717, 1.165) is 25.7 Å². The molecular formula is C16H25ClFNO. The fourth-order valence-electron chi connectivity index (χ4n) is 2.70. The molecule has 0 aliphatic carbocycles. The van der Waals surface area contributed by atoms with Gasteiger partial charge in [0.1, 0.15) is 5.82 Å². The normalized spacial score (nSPS) is 15.9. The van der Waals surface area contributed by atoms with Crippen molar-refractivity contribution >= 4 is 11.6 Å². The molecule has 0 heterocycles. The lowest BCUT2D eigenvalue weighted by atomic mass is 9.82. The van der Waals surface area contributed by atoms with Crippen LogP contribution in [-0.4, -0.2) is 17.8 Å². The summed E-state index contributed by atoms with van der Waals surface area (Å²) in [5.74, 6) is -0.720. The van der Waals surface area contributed by atoms with Crippen molar-refractivity contribution in [1.82, 2.24) is 0 Å². The second kappa shape index (κ2) is 8.60. The summed E-state index contributed by atoms with van der Waals surface area (Å²) in [5.41, 5.74) is 6.13. The van der Waals surface area contributed by atoms with Crippen molar-refractivity contribution in [2.75, 3.05) is 6.54 Å². The Morgan fingerprint density at radius 3 is 2.55 bits per heavy atom. The molecule has 2 nitrogen and oxygen atoms in total. The molecule has 0 saturated heterocycles. The van der Waals surface area contributed by atoms with Crippen LogP contribution in [0.3, 0.4) is 0 Å². The number of aliphatic hydroxyl groups is 1. The van der Waals surface area contributed by atoms with Gasteiger partial charge in [0.25, 0.3) is 0 Å². The van der Waals surface area contributed by atoms with E-state index in [1.54, 1.807) is 12.1 Å². The van der Waals surface area contributed by atoms with Crippen LogP contribution in [0, 0.1) is 11.7 Å². The molecule has 0 radical (unpaired) electrons. The number of nitrogens with two attached hydrogens (primary N) is 1. The van der Waals surface area contributed by atoms with E-state index in [9.17, 15) is 9.50 Å². The zero-order valence-corrected chi connectivity index (χ0v) is 13.0. The highest BCUT2D eigenvalue weighted by Crippen LogP contribution is 2.33. The first kappa shape index (κ1) is 17.4. The molecular weight excluding hydrogens is 277 g/mol. The van der Waals surface area contributed by atoms with Crippen LogP contribution < -0.4 is 5.73 Å². The van der Waals surface area contributed by atoms with Crippen LogP contribution in [0.25, 0.3) is 0 Å². The monoisotopic (exact) mass is 301 g/mol. The van der Waals surface area contributed by atoms with E-state index in [2.05, 4.69) is 6.92 Å². The van der Waals surface area contributed by atoms with E-state index in [-0.39, 0.29) is 12.5 Å². The summed E-state index contributed by atoms with van der Waals surface area (Å²) in [6, 6.07) is 4.57. The molecule has 114 valence electrons. The smallest absolute Gasteiger partial charge is 0.128 e. The summed E-state index contributed by atoms with van der Waals surface area (Å²) in [4.78, 5) is 0. The Bertz CT molecular complexity index is 393. The van der Waals surface area contributed by atoms with Crippen molar-refractivity contribution < 1.29 is 9.50 Å². The number of rotatable bonds is 8. The first-order valence-corrected chi connectivity index (χ1v) is 7.76. The number of aliphatic hydroxyl groups excluding tert-OH is 1. The molecule has 3 unspecified atom stereocenters. The highest BCUT2D eigenvalue weighted by atomic mass is 35.5. The minimum absolute atomic E-state index is 0.124. The van der Waals surface area contributed by atoms with Crippen molar-refractivity contribution in [2.45, 2.75) is 51.6 Å². The Labute approximate surface area is 126 Å². The second-order valence-electron chi connectivity index (χ2n) is 5.28. The van der Waals surface area contributed by atoms with Gasteiger partial charge in [0.2, 0.25) is 0 Å². The molecule has 3 atom stereocenters. The minimum Gasteiger partial charge on any atom is -0.392 e. The average molecular weight is 302 g/mol. The maximum absolute atomic E-state index is 14.0.